The van der Waals surface area contributed by atoms with Crippen LogP contribution in [-0.2, 0) is 18.7 Å². The maximum atomic E-state index is 5.72. The summed E-state index contributed by atoms with van der Waals surface area (Å²) >= 11 is 5.72. The summed E-state index contributed by atoms with van der Waals surface area (Å²) in [5.41, 5.74) is 3.70. The highest BCUT2D eigenvalue weighted by atomic mass is 35.5. The zero-order chi connectivity index (χ0) is 11.0. The van der Waals surface area contributed by atoms with Crippen molar-refractivity contribution >= 4 is 11.6 Å². The van der Waals surface area contributed by atoms with Gasteiger partial charge in [0.15, 0.2) is 0 Å². The van der Waals surface area contributed by atoms with Crippen molar-refractivity contribution < 1.29 is 0 Å². The zero-order valence-corrected chi connectivity index (χ0v) is 9.56. The van der Waals surface area contributed by atoms with Crippen LogP contribution in [0.15, 0.2) is 30.5 Å². The summed E-state index contributed by atoms with van der Waals surface area (Å²) in [5, 5.41) is 8.16. The van der Waals surface area contributed by atoms with Gasteiger partial charge in [0.25, 0.3) is 0 Å². The molecule has 0 spiro atoms. The number of aromatic nitrogens is 3. The van der Waals surface area contributed by atoms with Crippen LogP contribution in [0.2, 0.25) is 0 Å². The predicted molar refractivity (Wildman–Crippen MR) is 62.5 cm³/mol. The van der Waals surface area contributed by atoms with E-state index in [0.29, 0.717) is 11.9 Å². The van der Waals surface area contributed by atoms with Gasteiger partial charge in [-0.15, -0.1) is 16.7 Å². The molecule has 3 nitrogen and oxygen atoms in total. The molecule has 1 aliphatic rings. The Morgan fingerprint density at radius 2 is 1.94 bits per heavy atom. The van der Waals surface area contributed by atoms with E-state index in [-0.39, 0.29) is 0 Å². The number of hydrogen-bond acceptors (Lipinski definition) is 2. The van der Waals surface area contributed by atoms with E-state index in [1.54, 1.807) is 0 Å². The van der Waals surface area contributed by atoms with Crippen molar-refractivity contribution in [1.29, 1.82) is 0 Å². The van der Waals surface area contributed by atoms with Crippen LogP contribution in [0.3, 0.4) is 0 Å². The molecule has 0 atom stereocenters. The quantitative estimate of drug-likeness (QED) is 0.746. The molecule has 16 heavy (non-hydrogen) atoms. The van der Waals surface area contributed by atoms with Crippen molar-refractivity contribution in [2.75, 3.05) is 0 Å². The van der Waals surface area contributed by atoms with Crippen molar-refractivity contribution in [2.24, 2.45) is 0 Å². The van der Waals surface area contributed by atoms with Gasteiger partial charge in [0, 0.05) is 6.20 Å². The molecule has 1 aromatic heterocycles. The van der Waals surface area contributed by atoms with Gasteiger partial charge < -0.3 is 0 Å². The van der Waals surface area contributed by atoms with Crippen LogP contribution < -0.4 is 0 Å². The van der Waals surface area contributed by atoms with Crippen LogP contribution in [0.1, 0.15) is 22.9 Å². The number of alkyl halides is 1. The molecule has 0 bridgehead atoms. The Labute approximate surface area is 99.0 Å². The van der Waals surface area contributed by atoms with Gasteiger partial charge in [-0.3, -0.25) is 0 Å². The number of nitrogens with zero attached hydrogens (tertiary/aromatic N) is 3. The molecular formula is C12H12ClN3. The second-order valence-corrected chi connectivity index (χ2v) is 4.42. The van der Waals surface area contributed by atoms with E-state index in [1.165, 1.54) is 11.1 Å². The van der Waals surface area contributed by atoms with E-state index in [1.807, 2.05) is 10.9 Å². The largest absolute Gasteiger partial charge is 0.249 e. The molecule has 0 amide bonds. The third-order valence-corrected chi connectivity index (χ3v) is 3.37. The molecule has 0 aliphatic heterocycles. The summed E-state index contributed by atoms with van der Waals surface area (Å²) in [6, 6.07) is 8.96. The smallest absolute Gasteiger partial charge is 0.0974 e. The van der Waals surface area contributed by atoms with Crippen LogP contribution >= 0.6 is 11.6 Å². The molecule has 1 aromatic carbocycles. The van der Waals surface area contributed by atoms with Gasteiger partial charge in [-0.05, 0) is 24.0 Å². The molecule has 0 saturated carbocycles. The Hall–Kier alpha value is -1.35. The molecule has 1 heterocycles. The van der Waals surface area contributed by atoms with Crippen LogP contribution in [0.5, 0.6) is 0 Å². The number of rotatable bonds is 2. The second kappa shape index (κ2) is 3.91. The summed E-state index contributed by atoms with van der Waals surface area (Å²) < 4.78 is 1.94. The molecular weight excluding hydrogens is 222 g/mol. The summed E-state index contributed by atoms with van der Waals surface area (Å²) in [4.78, 5) is 0. The first-order valence-electron chi connectivity index (χ1n) is 5.40. The first-order valence-corrected chi connectivity index (χ1v) is 5.93. The minimum Gasteiger partial charge on any atom is -0.249 e. The molecule has 2 aromatic rings. The number of fused-ring (bicyclic) bond motifs is 1. The van der Waals surface area contributed by atoms with E-state index in [4.69, 9.17) is 11.6 Å². The molecule has 82 valence electrons. The molecule has 1 aliphatic carbocycles. The van der Waals surface area contributed by atoms with Crippen molar-refractivity contribution in [1.82, 2.24) is 15.0 Å². The fraction of sp³-hybridized carbons (Fsp3) is 0.333. The monoisotopic (exact) mass is 233 g/mol. The third kappa shape index (κ3) is 1.61. The van der Waals surface area contributed by atoms with Gasteiger partial charge in [-0.2, -0.15) is 0 Å². The van der Waals surface area contributed by atoms with Crippen molar-refractivity contribution in [3.8, 4) is 0 Å². The zero-order valence-electron chi connectivity index (χ0n) is 8.81. The van der Waals surface area contributed by atoms with Crippen molar-refractivity contribution in [2.45, 2.75) is 24.8 Å². The highest BCUT2D eigenvalue weighted by molar-refractivity contribution is 6.16. The molecule has 0 fully saturated rings. The Balaban J connectivity index is 1.85. The maximum absolute atomic E-state index is 5.72. The average molecular weight is 234 g/mol. The molecule has 0 radical (unpaired) electrons. The Kier molecular flexibility index (Phi) is 2.40. The van der Waals surface area contributed by atoms with Crippen LogP contribution in [0.25, 0.3) is 0 Å². The molecule has 0 unspecified atom stereocenters. The molecule has 0 N–H and O–H groups in total. The van der Waals surface area contributed by atoms with E-state index in [0.717, 1.165) is 18.5 Å². The highest BCUT2D eigenvalue weighted by Crippen LogP contribution is 2.29. The number of hydrogen-bond donors (Lipinski definition) is 0. The molecule has 4 heteroatoms. The first kappa shape index (κ1) is 9.85. The van der Waals surface area contributed by atoms with Gasteiger partial charge in [0.1, 0.15) is 0 Å². The average Bonchev–Trinajstić information content (AvgIpc) is 2.95. The number of benzene rings is 1. The minimum absolute atomic E-state index is 0.405. The lowest BCUT2D eigenvalue weighted by molar-refractivity contribution is 0.461. The SMILES string of the molecule is ClCc1cn(C2Cc3ccccc3C2)nn1. The van der Waals surface area contributed by atoms with Gasteiger partial charge in [0.05, 0.1) is 17.6 Å². The van der Waals surface area contributed by atoms with Crippen LogP contribution in [-0.4, -0.2) is 15.0 Å². The van der Waals surface area contributed by atoms with Crippen molar-refractivity contribution in [3.63, 3.8) is 0 Å². The maximum Gasteiger partial charge on any atom is 0.0974 e. The minimum atomic E-state index is 0.405. The summed E-state index contributed by atoms with van der Waals surface area (Å²) in [6.45, 7) is 0. The Morgan fingerprint density at radius 1 is 1.25 bits per heavy atom. The molecule has 0 saturated heterocycles. The second-order valence-electron chi connectivity index (χ2n) is 4.15. The fourth-order valence-corrected chi connectivity index (χ4v) is 2.40. The first-order chi connectivity index (χ1) is 7.86. The summed E-state index contributed by atoms with van der Waals surface area (Å²) in [6.07, 6.45) is 4.03. The molecule has 3 rings (SSSR count). The highest BCUT2D eigenvalue weighted by Gasteiger charge is 2.23. The lowest BCUT2D eigenvalue weighted by Crippen LogP contribution is -2.09. The summed E-state index contributed by atoms with van der Waals surface area (Å²) in [7, 11) is 0. The third-order valence-electron chi connectivity index (χ3n) is 3.10. The van der Waals surface area contributed by atoms with E-state index in [2.05, 4.69) is 34.6 Å². The van der Waals surface area contributed by atoms with E-state index in [9.17, 15) is 0 Å². The predicted octanol–water partition coefficient (Wildman–Crippen LogP) is 2.36. The normalized spacial score (nSPS) is 15.3. The van der Waals surface area contributed by atoms with E-state index < -0.39 is 0 Å². The topological polar surface area (TPSA) is 30.7 Å². The summed E-state index contributed by atoms with van der Waals surface area (Å²) in [5.74, 6) is 0.430. The van der Waals surface area contributed by atoms with Crippen molar-refractivity contribution in [3.05, 3.63) is 47.3 Å². The van der Waals surface area contributed by atoms with Gasteiger partial charge in [-0.1, -0.05) is 29.5 Å². The van der Waals surface area contributed by atoms with Crippen LogP contribution in [0, 0.1) is 0 Å². The Bertz CT molecular complexity index is 481. The van der Waals surface area contributed by atoms with Crippen LogP contribution in [0.4, 0.5) is 0 Å². The standard InChI is InChI=1S/C12H12ClN3/c13-7-11-8-16(15-14-11)12-5-9-3-1-2-4-10(9)6-12/h1-4,8,12H,5-7H2. The van der Waals surface area contributed by atoms with Gasteiger partial charge >= 0.3 is 0 Å². The van der Waals surface area contributed by atoms with E-state index >= 15 is 0 Å². The lowest BCUT2D eigenvalue weighted by Gasteiger charge is -2.07. The fourth-order valence-electron chi connectivity index (χ4n) is 2.28. The van der Waals surface area contributed by atoms with Gasteiger partial charge in [-0.25, -0.2) is 4.68 Å². The Morgan fingerprint density at radius 3 is 2.50 bits per heavy atom. The lowest BCUT2D eigenvalue weighted by atomic mass is 10.1. The number of halogens is 1. The van der Waals surface area contributed by atoms with Gasteiger partial charge in [0.2, 0.25) is 0 Å².